The van der Waals surface area contributed by atoms with Gasteiger partial charge in [-0.1, -0.05) is 19.8 Å². The van der Waals surface area contributed by atoms with Crippen LogP contribution < -0.4 is 10.6 Å². The molecule has 0 spiro atoms. The number of carbonyl (C=O) groups is 1. The van der Waals surface area contributed by atoms with Crippen LogP contribution in [0.5, 0.6) is 0 Å². The first-order chi connectivity index (χ1) is 11.1. The molecule has 1 amide bonds. The molecule has 2 saturated heterocycles. The van der Waals surface area contributed by atoms with Crippen LogP contribution in [0.1, 0.15) is 45.4 Å². The molecule has 132 valence electrons. The highest BCUT2D eigenvalue weighted by molar-refractivity contribution is 5.78. The van der Waals surface area contributed by atoms with Crippen molar-refractivity contribution in [3.8, 4) is 0 Å². The predicted octanol–water partition coefficient (Wildman–Crippen LogP) is 1.38. The number of carbonyl (C=O) groups excluding carboxylic acids is 1. The molecular formula is C18H33N3O2. The minimum absolute atomic E-state index is 0.133. The van der Waals surface area contributed by atoms with E-state index < -0.39 is 0 Å². The van der Waals surface area contributed by atoms with E-state index in [0.29, 0.717) is 12.0 Å². The summed E-state index contributed by atoms with van der Waals surface area (Å²) in [7, 11) is 1.82. The maximum absolute atomic E-state index is 12.5. The van der Waals surface area contributed by atoms with Crippen LogP contribution in [0, 0.1) is 11.8 Å². The zero-order chi connectivity index (χ0) is 16.3. The molecule has 0 aromatic heterocycles. The van der Waals surface area contributed by atoms with Gasteiger partial charge in [-0.15, -0.1) is 0 Å². The Morgan fingerprint density at radius 3 is 2.48 bits per heavy atom. The fourth-order valence-electron chi connectivity index (χ4n) is 4.50. The van der Waals surface area contributed by atoms with Gasteiger partial charge < -0.3 is 15.4 Å². The summed E-state index contributed by atoms with van der Waals surface area (Å²) in [6.07, 6.45) is 7.71. The molecular weight excluding hydrogens is 290 g/mol. The van der Waals surface area contributed by atoms with Crippen molar-refractivity contribution in [1.29, 1.82) is 0 Å². The normalized spacial score (nSPS) is 27.6. The number of amides is 1. The number of methoxy groups -OCH3 is 1. The number of likely N-dealkylation sites (tertiary alicyclic amines) is 1. The molecule has 1 aliphatic carbocycles. The number of ether oxygens (including phenoxy) is 1. The van der Waals surface area contributed by atoms with Crippen molar-refractivity contribution >= 4 is 5.91 Å². The fraction of sp³-hybridized carbons (Fsp3) is 0.944. The number of rotatable bonds is 6. The van der Waals surface area contributed by atoms with Crippen LogP contribution >= 0.6 is 0 Å². The van der Waals surface area contributed by atoms with Gasteiger partial charge in [0.25, 0.3) is 0 Å². The van der Waals surface area contributed by atoms with Crippen molar-refractivity contribution in [2.45, 2.75) is 57.1 Å². The van der Waals surface area contributed by atoms with Crippen LogP contribution in [0.3, 0.4) is 0 Å². The van der Waals surface area contributed by atoms with Crippen molar-refractivity contribution in [2.24, 2.45) is 11.8 Å². The Morgan fingerprint density at radius 1 is 1.30 bits per heavy atom. The van der Waals surface area contributed by atoms with E-state index in [1.54, 1.807) is 0 Å². The highest BCUT2D eigenvalue weighted by Crippen LogP contribution is 2.37. The molecule has 3 rings (SSSR count). The summed E-state index contributed by atoms with van der Waals surface area (Å²) in [5.74, 6) is 0.899. The van der Waals surface area contributed by atoms with Gasteiger partial charge in [0, 0.05) is 38.2 Å². The zero-order valence-corrected chi connectivity index (χ0v) is 14.8. The Labute approximate surface area is 140 Å². The van der Waals surface area contributed by atoms with E-state index in [9.17, 15) is 4.79 Å². The van der Waals surface area contributed by atoms with Crippen molar-refractivity contribution in [3.05, 3.63) is 0 Å². The molecule has 0 aromatic carbocycles. The molecule has 23 heavy (non-hydrogen) atoms. The molecule has 5 nitrogen and oxygen atoms in total. The highest BCUT2D eigenvalue weighted by atomic mass is 16.5. The summed E-state index contributed by atoms with van der Waals surface area (Å²) in [6, 6.07) is 0. The van der Waals surface area contributed by atoms with Crippen molar-refractivity contribution in [1.82, 2.24) is 15.5 Å². The van der Waals surface area contributed by atoms with E-state index in [4.69, 9.17) is 4.74 Å². The maximum atomic E-state index is 12.5. The molecule has 3 fully saturated rings. The summed E-state index contributed by atoms with van der Waals surface area (Å²) in [4.78, 5) is 15.1. The fourth-order valence-corrected chi connectivity index (χ4v) is 4.50. The first-order valence-corrected chi connectivity index (χ1v) is 9.41. The summed E-state index contributed by atoms with van der Waals surface area (Å²) in [5, 5.41) is 6.56. The van der Waals surface area contributed by atoms with Crippen molar-refractivity contribution in [2.75, 3.05) is 39.8 Å². The topological polar surface area (TPSA) is 53.6 Å². The average Bonchev–Trinajstić information content (AvgIpc) is 3.01. The monoisotopic (exact) mass is 323 g/mol. The Bertz CT molecular complexity index is 397. The van der Waals surface area contributed by atoms with Crippen molar-refractivity contribution < 1.29 is 9.53 Å². The van der Waals surface area contributed by atoms with E-state index in [-0.39, 0.29) is 17.4 Å². The molecule has 2 heterocycles. The minimum atomic E-state index is 0.133. The van der Waals surface area contributed by atoms with Crippen LogP contribution in [0.2, 0.25) is 0 Å². The number of hydrogen-bond acceptors (Lipinski definition) is 4. The van der Waals surface area contributed by atoms with Gasteiger partial charge in [-0.3, -0.25) is 9.69 Å². The van der Waals surface area contributed by atoms with E-state index in [1.807, 2.05) is 7.11 Å². The Hall–Kier alpha value is -0.650. The zero-order valence-electron chi connectivity index (χ0n) is 14.8. The third-order valence-corrected chi connectivity index (χ3v) is 6.51. The van der Waals surface area contributed by atoms with E-state index in [2.05, 4.69) is 22.5 Å². The molecule has 2 aliphatic heterocycles. The van der Waals surface area contributed by atoms with Gasteiger partial charge >= 0.3 is 0 Å². The molecule has 3 aliphatic rings. The first kappa shape index (κ1) is 17.2. The minimum Gasteiger partial charge on any atom is -0.381 e. The average molecular weight is 323 g/mol. The Kier molecular flexibility index (Phi) is 5.60. The second-order valence-corrected chi connectivity index (χ2v) is 7.78. The standard InChI is InChI=1S/C18H33N3O2/c1-14(15-11-19-12-15)17(22)20-13-18(7-3-4-8-18)21-9-5-16(23-2)6-10-21/h14-16,19H,3-13H2,1-2H3,(H,20,22). The number of piperidine rings is 1. The second-order valence-electron chi connectivity index (χ2n) is 7.78. The lowest BCUT2D eigenvalue weighted by atomic mass is 9.87. The maximum Gasteiger partial charge on any atom is 0.223 e. The molecule has 5 heteroatoms. The molecule has 0 aromatic rings. The van der Waals surface area contributed by atoms with E-state index >= 15 is 0 Å². The lowest BCUT2D eigenvalue weighted by Crippen LogP contribution is -2.58. The molecule has 1 saturated carbocycles. The molecule has 0 bridgehead atoms. The van der Waals surface area contributed by atoms with Crippen LogP contribution in [-0.4, -0.2) is 62.3 Å². The summed E-state index contributed by atoms with van der Waals surface area (Å²) in [5.41, 5.74) is 0.200. The van der Waals surface area contributed by atoms with Gasteiger partial charge in [-0.05, 0) is 44.7 Å². The summed E-state index contributed by atoms with van der Waals surface area (Å²) >= 11 is 0. The van der Waals surface area contributed by atoms with E-state index in [0.717, 1.165) is 45.6 Å². The van der Waals surface area contributed by atoms with Crippen LogP contribution in [0.15, 0.2) is 0 Å². The van der Waals surface area contributed by atoms with Gasteiger partial charge in [0.05, 0.1) is 6.10 Å². The smallest absolute Gasteiger partial charge is 0.223 e. The number of nitrogens with one attached hydrogen (secondary N) is 2. The molecule has 1 atom stereocenters. The lowest BCUT2D eigenvalue weighted by Gasteiger charge is -2.45. The summed E-state index contributed by atoms with van der Waals surface area (Å²) < 4.78 is 5.51. The lowest BCUT2D eigenvalue weighted by molar-refractivity contribution is -0.127. The molecule has 0 radical (unpaired) electrons. The molecule has 2 N–H and O–H groups in total. The second kappa shape index (κ2) is 7.49. The largest absolute Gasteiger partial charge is 0.381 e. The Balaban J connectivity index is 1.54. The number of hydrogen-bond donors (Lipinski definition) is 2. The molecule has 1 unspecified atom stereocenters. The number of nitrogens with zero attached hydrogens (tertiary/aromatic N) is 1. The van der Waals surface area contributed by atoms with Crippen LogP contribution in [-0.2, 0) is 9.53 Å². The quantitative estimate of drug-likeness (QED) is 0.775. The highest BCUT2D eigenvalue weighted by Gasteiger charge is 2.41. The van der Waals surface area contributed by atoms with Gasteiger partial charge in [0.2, 0.25) is 5.91 Å². The third kappa shape index (κ3) is 3.72. The summed E-state index contributed by atoms with van der Waals surface area (Å²) in [6.45, 7) is 7.10. The van der Waals surface area contributed by atoms with Gasteiger partial charge in [0.1, 0.15) is 0 Å². The van der Waals surface area contributed by atoms with Gasteiger partial charge in [0.15, 0.2) is 0 Å². The van der Waals surface area contributed by atoms with Crippen LogP contribution in [0.4, 0.5) is 0 Å². The van der Waals surface area contributed by atoms with Crippen molar-refractivity contribution in [3.63, 3.8) is 0 Å². The predicted molar refractivity (Wildman–Crippen MR) is 91.3 cm³/mol. The van der Waals surface area contributed by atoms with Gasteiger partial charge in [-0.2, -0.15) is 0 Å². The SMILES string of the molecule is COC1CCN(C2(CNC(=O)C(C)C3CNC3)CCCC2)CC1. The Morgan fingerprint density at radius 2 is 1.96 bits per heavy atom. The third-order valence-electron chi connectivity index (χ3n) is 6.51. The van der Waals surface area contributed by atoms with E-state index in [1.165, 1.54) is 25.7 Å². The first-order valence-electron chi connectivity index (χ1n) is 9.41. The van der Waals surface area contributed by atoms with Gasteiger partial charge in [-0.25, -0.2) is 0 Å². The van der Waals surface area contributed by atoms with Crippen LogP contribution in [0.25, 0.3) is 0 Å².